The molecule has 0 saturated heterocycles. The molecular weight excluding hydrogens is 714 g/mol. The average molecular weight is 754 g/mol. The van der Waals surface area contributed by atoms with E-state index in [-0.39, 0.29) is 10.8 Å². The topological polar surface area (TPSA) is 3.24 Å². The van der Waals surface area contributed by atoms with E-state index < -0.39 is 5.41 Å². The normalized spacial score (nSPS) is 14.0. The zero-order valence-electron chi connectivity index (χ0n) is 28.3. The van der Waals surface area contributed by atoms with Crippen molar-refractivity contribution >= 4 is 48.9 Å². The second kappa shape index (κ2) is 11.1. The monoisotopic (exact) mass is 751 g/mol. The van der Waals surface area contributed by atoms with Crippen LogP contribution in [0.2, 0.25) is 0 Å². The van der Waals surface area contributed by atoms with Crippen molar-refractivity contribution in [2.45, 2.75) is 57.8 Å². The minimum atomic E-state index is -0.444. The maximum atomic E-state index is 3.67. The van der Waals surface area contributed by atoms with Crippen LogP contribution in [-0.4, -0.2) is 0 Å². The van der Waals surface area contributed by atoms with Gasteiger partial charge in [-0.05, 0) is 115 Å². The van der Waals surface area contributed by atoms with Gasteiger partial charge in [-0.3, -0.25) is 0 Å². The molecule has 2 aliphatic carbocycles. The third-order valence-electron chi connectivity index (χ3n) is 10.3. The molecule has 48 heavy (non-hydrogen) atoms. The lowest BCUT2D eigenvalue weighted by Gasteiger charge is -2.33. The van der Waals surface area contributed by atoms with Gasteiger partial charge in [0, 0.05) is 25.9 Å². The van der Waals surface area contributed by atoms with Crippen molar-refractivity contribution in [3.05, 3.63) is 170 Å². The van der Waals surface area contributed by atoms with Gasteiger partial charge in [0.05, 0.1) is 11.1 Å². The van der Waals surface area contributed by atoms with Crippen LogP contribution < -0.4 is 4.90 Å². The predicted molar refractivity (Wildman–Crippen MR) is 210 cm³/mol. The summed E-state index contributed by atoms with van der Waals surface area (Å²) >= 11 is 7.35. The molecule has 0 atom stereocenters. The first-order valence-corrected chi connectivity index (χ1v) is 18.3. The molecule has 0 heterocycles. The fourth-order valence-corrected chi connectivity index (χ4v) is 8.47. The molecule has 6 aromatic carbocycles. The van der Waals surface area contributed by atoms with E-state index in [1.807, 2.05) is 0 Å². The number of hydrogen-bond acceptors (Lipinski definition) is 1. The van der Waals surface area contributed by atoms with Crippen LogP contribution in [0.5, 0.6) is 0 Å². The van der Waals surface area contributed by atoms with Gasteiger partial charge in [0.1, 0.15) is 0 Å². The van der Waals surface area contributed by atoms with Gasteiger partial charge < -0.3 is 4.90 Å². The molecule has 8 rings (SSSR count). The highest BCUT2D eigenvalue weighted by Crippen LogP contribution is 2.65. The highest BCUT2D eigenvalue weighted by molar-refractivity contribution is 9.10. The predicted octanol–water partition coefficient (Wildman–Crippen LogP) is 13.6. The molecule has 0 bridgehead atoms. The van der Waals surface area contributed by atoms with Gasteiger partial charge in [-0.2, -0.15) is 0 Å². The van der Waals surface area contributed by atoms with E-state index in [2.05, 4.69) is 206 Å². The Morgan fingerprint density at radius 2 is 0.938 bits per heavy atom. The number of rotatable bonds is 3. The third kappa shape index (κ3) is 4.69. The molecule has 0 N–H and O–H groups in total. The van der Waals surface area contributed by atoms with E-state index in [1.165, 1.54) is 61.3 Å². The lowest BCUT2D eigenvalue weighted by molar-refractivity contribution is 0.586. The maximum absolute atomic E-state index is 3.67. The smallest absolute Gasteiger partial charge is 0.0726 e. The SMILES string of the molecule is CC(C)(C)c1ccc2c(c1)C1(c3cc(C(C)(C)C)ccc3-2)c2ccccc2-c2c(N(c3ccc(Br)cc3)c3ccc(Br)cc3)cccc21. The molecule has 0 aliphatic heterocycles. The van der Waals surface area contributed by atoms with Crippen LogP contribution in [0.15, 0.2) is 136 Å². The van der Waals surface area contributed by atoms with Crippen molar-refractivity contribution in [1.29, 1.82) is 0 Å². The van der Waals surface area contributed by atoms with Gasteiger partial charge in [0.15, 0.2) is 0 Å². The van der Waals surface area contributed by atoms with Crippen LogP contribution in [-0.2, 0) is 16.2 Å². The fourth-order valence-electron chi connectivity index (χ4n) is 7.94. The summed E-state index contributed by atoms with van der Waals surface area (Å²) in [4.78, 5) is 2.42. The summed E-state index contributed by atoms with van der Waals surface area (Å²) in [6.45, 7) is 13.9. The number of hydrogen-bond donors (Lipinski definition) is 0. The quantitative estimate of drug-likeness (QED) is 0.174. The summed E-state index contributed by atoms with van der Waals surface area (Å²) in [5.41, 5.74) is 16.5. The Labute approximate surface area is 301 Å². The molecule has 1 spiro atoms. The van der Waals surface area contributed by atoms with E-state index in [0.29, 0.717) is 0 Å². The number of fused-ring (bicyclic) bond motifs is 10. The van der Waals surface area contributed by atoms with Crippen molar-refractivity contribution in [1.82, 2.24) is 0 Å². The Bertz CT molecular complexity index is 2100. The second-order valence-corrected chi connectivity index (χ2v) is 17.1. The van der Waals surface area contributed by atoms with Crippen LogP contribution in [0.3, 0.4) is 0 Å². The van der Waals surface area contributed by atoms with Crippen LogP contribution in [0.1, 0.15) is 74.9 Å². The summed E-state index contributed by atoms with van der Waals surface area (Å²) in [5.74, 6) is 0. The molecule has 1 nitrogen and oxygen atoms in total. The third-order valence-corrected chi connectivity index (χ3v) is 11.4. The van der Waals surface area contributed by atoms with Gasteiger partial charge in [0.2, 0.25) is 0 Å². The lowest BCUT2D eigenvalue weighted by Crippen LogP contribution is -2.27. The molecule has 6 aromatic rings. The van der Waals surface area contributed by atoms with Gasteiger partial charge in [0.25, 0.3) is 0 Å². The van der Waals surface area contributed by atoms with Crippen LogP contribution in [0.25, 0.3) is 22.3 Å². The Kier molecular flexibility index (Phi) is 7.22. The van der Waals surface area contributed by atoms with Crippen molar-refractivity contribution in [2.75, 3.05) is 4.90 Å². The Morgan fingerprint density at radius 3 is 1.44 bits per heavy atom. The molecular formula is C45H39Br2N. The van der Waals surface area contributed by atoms with E-state index in [1.54, 1.807) is 0 Å². The molecule has 238 valence electrons. The average Bonchev–Trinajstić information content (AvgIpc) is 3.53. The second-order valence-electron chi connectivity index (χ2n) is 15.3. The van der Waals surface area contributed by atoms with E-state index in [9.17, 15) is 0 Å². The van der Waals surface area contributed by atoms with Crippen molar-refractivity contribution < 1.29 is 0 Å². The van der Waals surface area contributed by atoms with Crippen LogP contribution in [0.4, 0.5) is 17.1 Å². The zero-order valence-corrected chi connectivity index (χ0v) is 31.5. The molecule has 0 saturated carbocycles. The highest BCUT2D eigenvalue weighted by Gasteiger charge is 2.53. The van der Waals surface area contributed by atoms with E-state index >= 15 is 0 Å². The van der Waals surface area contributed by atoms with Gasteiger partial charge in [-0.1, -0.05) is 146 Å². The summed E-state index contributed by atoms with van der Waals surface area (Å²) in [6.07, 6.45) is 0. The summed E-state index contributed by atoms with van der Waals surface area (Å²) in [6, 6.07) is 48.0. The first kappa shape index (κ1) is 31.4. The summed E-state index contributed by atoms with van der Waals surface area (Å²) in [5, 5.41) is 0. The van der Waals surface area contributed by atoms with Crippen molar-refractivity contribution in [2.24, 2.45) is 0 Å². The van der Waals surface area contributed by atoms with Gasteiger partial charge in [-0.25, -0.2) is 0 Å². The van der Waals surface area contributed by atoms with Crippen molar-refractivity contribution in [3.8, 4) is 22.3 Å². The number of halogens is 2. The zero-order chi connectivity index (χ0) is 33.6. The lowest BCUT2D eigenvalue weighted by atomic mass is 9.69. The van der Waals surface area contributed by atoms with Crippen LogP contribution in [0, 0.1) is 0 Å². The first-order valence-electron chi connectivity index (χ1n) is 16.7. The Hall–Kier alpha value is -3.92. The molecule has 0 aromatic heterocycles. The minimum Gasteiger partial charge on any atom is -0.310 e. The number of benzene rings is 6. The summed E-state index contributed by atoms with van der Waals surface area (Å²) in [7, 11) is 0. The molecule has 0 fully saturated rings. The molecule has 2 aliphatic rings. The van der Waals surface area contributed by atoms with Gasteiger partial charge >= 0.3 is 0 Å². The van der Waals surface area contributed by atoms with E-state index in [4.69, 9.17) is 0 Å². The largest absolute Gasteiger partial charge is 0.310 e. The maximum Gasteiger partial charge on any atom is 0.0726 e. The van der Waals surface area contributed by atoms with E-state index in [0.717, 1.165) is 20.3 Å². The standard InChI is InChI=1S/C45H39Br2N/c1-43(2,3)28-14-24-34-35-25-15-29(44(4,5)6)27-40(35)45(39(34)26-28)37-11-8-7-10-36(37)42-38(45)12-9-13-41(42)48(32-20-16-30(46)17-21-32)33-22-18-31(47)19-23-33/h7-27H,1-6H3. The minimum absolute atomic E-state index is 0.0182. The summed E-state index contributed by atoms with van der Waals surface area (Å²) < 4.78 is 2.13. The van der Waals surface area contributed by atoms with Gasteiger partial charge in [-0.15, -0.1) is 0 Å². The fraction of sp³-hybridized carbons (Fsp3) is 0.200. The molecule has 0 radical (unpaired) electrons. The number of nitrogens with zero attached hydrogens (tertiary/aromatic N) is 1. The number of anilines is 3. The molecule has 0 amide bonds. The van der Waals surface area contributed by atoms with Crippen LogP contribution >= 0.6 is 31.9 Å². The Balaban J connectivity index is 1.50. The van der Waals surface area contributed by atoms with Crippen molar-refractivity contribution in [3.63, 3.8) is 0 Å². The molecule has 0 unspecified atom stereocenters. The highest BCUT2D eigenvalue weighted by atomic mass is 79.9. The Morgan fingerprint density at radius 1 is 0.458 bits per heavy atom. The molecule has 3 heteroatoms. The first-order chi connectivity index (χ1) is 22.9.